The van der Waals surface area contributed by atoms with E-state index in [9.17, 15) is 9.59 Å². The molecule has 2 heterocycles. The number of aromatic nitrogens is 2. The second kappa shape index (κ2) is 8.31. The second-order valence-electron chi connectivity index (χ2n) is 7.42. The molecule has 0 aliphatic carbocycles. The summed E-state index contributed by atoms with van der Waals surface area (Å²) in [5.74, 6) is -0.00983. The van der Waals surface area contributed by atoms with Gasteiger partial charge in [0.2, 0.25) is 0 Å². The van der Waals surface area contributed by atoms with Gasteiger partial charge in [0.15, 0.2) is 0 Å². The average molecular weight is 388 g/mol. The van der Waals surface area contributed by atoms with Crippen molar-refractivity contribution in [2.45, 2.75) is 25.7 Å². The molecule has 1 unspecified atom stereocenters. The fraction of sp³-hybridized carbons (Fsp3) is 0.261. The Morgan fingerprint density at radius 1 is 1.10 bits per heavy atom. The van der Waals surface area contributed by atoms with Crippen molar-refractivity contribution in [1.29, 1.82) is 0 Å². The average Bonchev–Trinajstić information content (AvgIpc) is 3.22. The third kappa shape index (κ3) is 4.06. The van der Waals surface area contributed by atoms with Gasteiger partial charge in [-0.3, -0.25) is 14.7 Å². The van der Waals surface area contributed by atoms with E-state index in [0.29, 0.717) is 17.8 Å². The number of amides is 2. The Bertz CT molecular complexity index is 1010. The number of benzene rings is 2. The van der Waals surface area contributed by atoms with Gasteiger partial charge in [-0.2, -0.15) is 5.10 Å². The van der Waals surface area contributed by atoms with Crippen LogP contribution in [0.25, 0.3) is 0 Å². The number of aromatic amines is 1. The van der Waals surface area contributed by atoms with Crippen LogP contribution < -0.4 is 5.32 Å². The van der Waals surface area contributed by atoms with Gasteiger partial charge in [0.1, 0.15) is 0 Å². The van der Waals surface area contributed by atoms with E-state index in [1.54, 1.807) is 18.3 Å². The number of anilines is 1. The molecule has 1 aromatic heterocycles. The Morgan fingerprint density at radius 3 is 2.66 bits per heavy atom. The van der Waals surface area contributed by atoms with Gasteiger partial charge in [0, 0.05) is 30.1 Å². The molecule has 1 saturated heterocycles. The van der Waals surface area contributed by atoms with Crippen molar-refractivity contribution in [1.82, 2.24) is 15.1 Å². The number of hydrogen-bond donors (Lipinski definition) is 2. The van der Waals surface area contributed by atoms with Crippen LogP contribution in [0.3, 0.4) is 0 Å². The fourth-order valence-electron chi connectivity index (χ4n) is 3.87. The molecule has 0 bridgehead atoms. The van der Waals surface area contributed by atoms with Crippen LogP contribution in [0.5, 0.6) is 0 Å². The molecule has 4 rings (SSSR count). The van der Waals surface area contributed by atoms with Gasteiger partial charge in [-0.25, -0.2) is 0 Å². The SMILES string of the molecule is Cc1ccccc1C(=O)N1CCCC(c2[nH]ncc2NC(=O)c2ccccc2)C1. The first-order chi connectivity index (χ1) is 14.1. The quantitative estimate of drug-likeness (QED) is 0.709. The van der Waals surface area contributed by atoms with E-state index in [4.69, 9.17) is 0 Å². The van der Waals surface area contributed by atoms with Gasteiger partial charge in [-0.15, -0.1) is 0 Å². The van der Waals surface area contributed by atoms with Crippen LogP contribution in [-0.2, 0) is 0 Å². The monoisotopic (exact) mass is 388 g/mol. The molecule has 3 aromatic rings. The first-order valence-corrected chi connectivity index (χ1v) is 9.88. The predicted octanol–water partition coefficient (Wildman–Crippen LogP) is 3.99. The standard InChI is InChI=1S/C23H24N4O2/c1-16-8-5-6-12-19(16)23(29)27-13-7-11-18(15-27)21-20(14-24-26-21)25-22(28)17-9-3-2-4-10-17/h2-6,8-10,12,14,18H,7,11,13,15H2,1H3,(H,24,26)(H,25,28). The third-order valence-electron chi connectivity index (χ3n) is 5.45. The summed E-state index contributed by atoms with van der Waals surface area (Å²) in [6.45, 7) is 3.30. The molecule has 148 valence electrons. The highest BCUT2D eigenvalue weighted by Gasteiger charge is 2.29. The molecule has 1 aliphatic rings. The van der Waals surface area contributed by atoms with Gasteiger partial charge in [0.25, 0.3) is 11.8 Å². The van der Waals surface area contributed by atoms with Crippen molar-refractivity contribution in [3.63, 3.8) is 0 Å². The number of piperidine rings is 1. The van der Waals surface area contributed by atoms with Crippen molar-refractivity contribution in [3.05, 3.63) is 83.2 Å². The molecule has 6 nitrogen and oxygen atoms in total. The molecule has 6 heteroatoms. The lowest BCUT2D eigenvalue weighted by molar-refractivity contribution is 0.0705. The van der Waals surface area contributed by atoms with E-state index >= 15 is 0 Å². The Balaban J connectivity index is 1.50. The summed E-state index contributed by atoms with van der Waals surface area (Å²) in [5.41, 5.74) is 3.87. The fourth-order valence-corrected chi connectivity index (χ4v) is 3.87. The lowest BCUT2D eigenvalue weighted by Crippen LogP contribution is -2.39. The molecular formula is C23H24N4O2. The maximum absolute atomic E-state index is 13.0. The molecule has 0 saturated carbocycles. The van der Waals surface area contributed by atoms with Gasteiger partial charge in [0.05, 0.1) is 17.6 Å². The van der Waals surface area contributed by atoms with Crippen molar-refractivity contribution in [2.75, 3.05) is 18.4 Å². The number of H-pyrrole nitrogens is 1. The summed E-state index contributed by atoms with van der Waals surface area (Å²) in [6, 6.07) is 16.8. The summed E-state index contributed by atoms with van der Waals surface area (Å²) in [7, 11) is 0. The zero-order valence-electron chi connectivity index (χ0n) is 16.4. The predicted molar refractivity (Wildman–Crippen MR) is 112 cm³/mol. The van der Waals surface area contributed by atoms with Crippen LogP contribution in [0, 0.1) is 6.92 Å². The largest absolute Gasteiger partial charge is 0.338 e. The maximum atomic E-state index is 13.0. The summed E-state index contributed by atoms with van der Waals surface area (Å²) < 4.78 is 0. The van der Waals surface area contributed by atoms with Crippen LogP contribution >= 0.6 is 0 Å². The Labute approximate surface area is 169 Å². The first-order valence-electron chi connectivity index (χ1n) is 9.88. The number of carbonyl (C=O) groups excluding carboxylic acids is 2. The molecule has 1 fully saturated rings. The van der Waals surface area contributed by atoms with Crippen LogP contribution in [0.2, 0.25) is 0 Å². The van der Waals surface area contributed by atoms with Crippen molar-refractivity contribution in [2.24, 2.45) is 0 Å². The summed E-state index contributed by atoms with van der Waals surface area (Å²) in [5, 5.41) is 10.1. The highest BCUT2D eigenvalue weighted by Crippen LogP contribution is 2.31. The Kier molecular flexibility index (Phi) is 5.42. The minimum Gasteiger partial charge on any atom is -0.338 e. The summed E-state index contributed by atoms with van der Waals surface area (Å²) >= 11 is 0. The summed E-state index contributed by atoms with van der Waals surface area (Å²) in [4.78, 5) is 27.4. The van der Waals surface area contributed by atoms with E-state index < -0.39 is 0 Å². The molecule has 0 radical (unpaired) electrons. The lowest BCUT2D eigenvalue weighted by atomic mass is 9.93. The number of nitrogens with zero attached hydrogens (tertiary/aromatic N) is 2. The van der Waals surface area contributed by atoms with E-state index in [1.807, 2.05) is 54.3 Å². The van der Waals surface area contributed by atoms with E-state index in [1.165, 1.54) is 0 Å². The number of nitrogens with one attached hydrogen (secondary N) is 2. The number of hydrogen-bond acceptors (Lipinski definition) is 3. The second-order valence-corrected chi connectivity index (χ2v) is 7.42. The van der Waals surface area contributed by atoms with Crippen molar-refractivity contribution < 1.29 is 9.59 Å². The number of rotatable bonds is 4. The zero-order chi connectivity index (χ0) is 20.2. The highest BCUT2D eigenvalue weighted by molar-refractivity contribution is 6.04. The van der Waals surface area contributed by atoms with Crippen LogP contribution in [0.15, 0.2) is 60.8 Å². The van der Waals surface area contributed by atoms with Crippen LogP contribution in [-0.4, -0.2) is 40.0 Å². The summed E-state index contributed by atoms with van der Waals surface area (Å²) in [6.07, 6.45) is 3.49. The molecule has 29 heavy (non-hydrogen) atoms. The molecule has 2 N–H and O–H groups in total. The molecule has 0 spiro atoms. The maximum Gasteiger partial charge on any atom is 0.255 e. The normalized spacial score (nSPS) is 16.4. The molecule has 2 aromatic carbocycles. The minimum atomic E-state index is -0.170. The van der Waals surface area contributed by atoms with Crippen molar-refractivity contribution in [3.8, 4) is 0 Å². The Hall–Kier alpha value is -3.41. The van der Waals surface area contributed by atoms with Gasteiger partial charge < -0.3 is 10.2 Å². The topological polar surface area (TPSA) is 78.1 Å². The Morgan fingerprint density at radius 2 is 1.86 bits per heavy atom. The van der Waals surface area contributed by atoms with Crippen molar-refractivity contribution >= 4 is 17.5 Å². The van der Waals surface area contributed by atoms with Gasteiger partial charge >= 0.3 is 0 Å². The van der Waals surface area contributed by atoms with Gasteiger partial charge in [-0.1, -0.05) is 36.4 Å². The first kappa shape index (κ1) is 18.9. The molecule has 2 amide bonds. The van der Waals surface area contributed by atoms with Crippen LogP contribution in [0.4, 0.5) is 5.69 Å². The zero-order valence-corrected chi connectivity index (χ0v) is 16.4. The number of likely N-dealkylation sites (tertiary alicyclic amines) is 1. The lowest BCUT2D eigenvalue weighted by Gasteiger charge is -2.33. The van der Waals surface area contributed by atoms with E-state index in [-0.39, 0.29) is 17.7 Å². The van der Waals surface area contributed by atoms with Crippen LogP contribution in [0.1, 0.15) is 50.7 Å². The highest BCUT2D eigenvalue weighted by atomic mass is 16.2. The molecule has 1 atom stereocenters. The third-order valence-corrected chi connectivity index (χ3v) is 5.45. The number of aryl methyl sites for hydroxylation is 1. The smallest absolute Gasteiger partial charge is 0.255 e. The molecule has 1 aliphatic heterocycles. The van der Waals surface area contributed by atoms with E-state index in [0.717, 1.165) is 36.2 Å². The molecular weight excluding hydrogens is 364 g/mol. The minimum absolute atomic E-state index is 0.0576. The van der Waals surface area contributed by atoms with Gasteiger partial charge in [-0.05, 0) is 43.5 Å². The number of carbonyl (C=O) groups is 2. The van der Waals surface area contributed by atoms with E-state index in [2.05, 4.69) is 15.5 Å².